The normalized spacial score (nSPS) is 32.6. The standard InChI is InChI=1S/C13H18N2O2S/c1-10-7-11-8-14-9-13(11)15(10)18(16,17)12-5-3-2-4-6-12/h2-6,10-11,13-14H,7-9H2,1H3. The van der Waals surface area contributed by atoms with E-state index < -0.39 is 10.0 Å². The van der Waals surface area contributed by atoms with Crippen LogP contribution in [0.25, 0.3) is 0 Å². The Morgan fingerprint density at radius 1 is 1.22 bits per heavy atom. The summed E-state index contributed by atoms with van der Waals surface area (Å²) in [6.07, 6.45) is 0.962. The van der Waals surface area contributed by atoms with Crippen LogP contribution in [-0.2, 0) is 10.0 Å². The van der Waals surface area contributed by atoms with Crippen LogP contribution in [0.5, 0.6) is 0 Å². The van der Waals surface area contributed by atoms with Gasteiger partial charge in [-0.1, -0.05) is 18.2 Å². The van der Waals surface area contributed by atoms with E-state index in [4.69, 9.17) is 0 Å². The van der Waals surface area contributed by atoms with Crippen molar-refractivity contribution >= 4 is 10.0 Å². The van der Waals surface area contributed by atoms with Gasteiger partial charge in [0.1, 0.15) is 0 Å². The van der Waals surface area contributed by atoms with Crippen LogP contribution >= 0.6 is 0 Å². The predicted octanol–water partition coefficient (Wildman–Crippen LogP) is 1.06. The van der Waals surface area contributed by atoms with E-state index in [9.17, 15) is 8.42 Å². The molecule has 2 aliphatic rings. The van der Waals surface area contributed by atoms with Crippen LogP contribution in [-0.4, -0.2) is 37.9 Å². The van der Waals surface area contributed by atoms with E-state index in [1.165, 1.54) is 0 Å². The van der Waals surface area contributed by atoms with Gasteiger partial charge in [0, 0.05) is 18.6 Å². The Balaban J connectivity index is 1.99. The van der Waals surface area contributed by atoms with Gasteiger partial charge in [0.2, 0.25) is 10.0 Å². The summed E-state index contributed by atoms with van der Waals surface area (Å²) >= 11 is 0. The van der Waals surface area contributed by atoms with Crippen LogP contribution in [0.2, 0.25) is 0 Å². The first-order valence-electron chi connectivity index (χ1n) is 6.40. The molecule has 0 bridgehead atoms. The van der Waals surface area contributed by atoms with E-state index in [0.717, 1.165) is 19.5 Å². The van der Waals surface area contributed by atoms with Gasteiger partial charge in [0.05, 0.1) is 4.90 Å². The molecule has 18 heavy (non-hydrogen) atoms. The molecule has 4 nitrogen and oxygen atoms in total. The molecule has 0 radical (unpaired) electrons. The first-order chi connectivity index (χ1) is 8.60. The van der Waals surface area contributed by atoms with Gasteiger partial charge in [-0.05, 0) is 37.9 Å². The zero-order valence-corrected chi connectivity index (χ0v) is 11.2. The lowest BCUT2D eigenvalue weighted by molar-refractivity contribution is 0.336. The van der Waals surface area contributed by atoms with E-state index in [1.807, 2.05) is 13.0 Å². The Kier molecular flexibility index (Phi) is 2.92. The minimum absolute atomic E-state index is 0.104. The van der Waals surface area contributed by atoms with Crippen LogP contribution in [0.1, 0.15) is 13.3 Å². The van der Waals surface area contributed by atoms with Crippen molar-refractivity contribution in [2.45, 2.75) is 30.3 Å². The van der Waals surface area contributed by atoms with Gasteiger partial charge >= 0.3 is 0 Å². The van der Waals surface area contributed by atoms with Crippen molar-refractivity contribution in [3.63, 3.8) is 0 Å². The number of nitrogens with zero attached hydrogens (tertiary/aromatic N) is 1. The van der Waals surface area contributed by atoms with E-state index in [0.29, 0.717) is 10.8 Å². The van der Waals surface area contributed by atoms with Crippen molar-refractivity contribution in [1.29, 1.82) is 0 Å². The minimum Gasteiger partial charge on any atom is -0.315 e. The van der Waals surface area contributed by atoms with Gasteiger partial charge < -0.3 is 5.32 Å². The third kappa shape index (κ3) is 1.77. The average molecular weight is 266 g/mol. The summed E-state index contributed by atoms with van der Waals surface area (Å²) in [6, 6.07) is 8.98. The predicted molar refractivity (Wildman–Crippen MR) is 69.7 cm³/mol. The molecule has 1 aromatic rings. The molecule has 5 heteroatoms. The molecule has 2 aliphatic heterocycles. The van der Waals surface area contributed by atoms with Crippen LogP contribution in [0.15, 0.2) is 35.2 Å². The molecule has 1 aromatic carbocycles. The van der Waals surface area contributed by atoms with Gasteiger partial charge in [0.15, 0.2) is 0 Å². The maximum absolute atomic E-state index is 12.7. The number of hydrogen-bond acceptors (Lipinski definition) is 3. The van der Waals surface area contributed by atoms with Crippen molar-refractivity contribution in [2.24, 2.45) is 5.92 Å². The lowest BCUT2D eigenvalue weighted by Crippen LogP contribution is -2.42. The smallest absolute Gasteiger partial charge is 0.243 e. The van der Waals surface area contributed by atoms with Gasteiger partial charge in [0.25, 0.3) is 0 Å². The summed E-state index contributed by atoms with van der Waals surface area (Å²) in [5.74, 6) is 0.471. The van der Waals surface area contributed by atoms with Gasteiger partial charge in [-0.3, -0.25) is 0 Å². The first kappa shape index (κ1) is 12.1. The monoisotopic (exact) mass is 266 g/mol. The highest BCUT2D eigenvalue weighted by atomic mass is 32.2. The second-order valence-corrected chi connectivity index (χ2v) is 7.06. The summed E-state index contributed by atoms with van der Waals surface area (Å²) < 4.78 is 27.1. The van der Waals surface area contributed by atoms with E-state index in [1.54, 1.807) is 28.6 Å². The third-order valence-corrected chi connectivity index (χ3v) is 6.08. The molecular formula is C13H18N2O2S. The molecule has 0 spiro atoms. The largest absolute Gasteiger partial charge is 0.315 e. The topological polar surface area (TPSA) is 49.4 Å². The fourth-order valence-electron chi connectivity index (χ4n) is 3.26. The number of rotatable bonds is 2. The molecule has 3 rings (SSSR count). The quantitative estimate of drug-likeness (QED) is 0.870. The summed E-state index contributed by atoms with van der Waals surface area (Å²) in [5.41, 5.74) is 0. The highest BCUT2D eigenvalue weighted by Crippen LogP contribution is 2.36. The second-order valence-electron chi connectivity index (χ2n) is 5.22. The third-order valence-electron chi connectivity index (χ3n) is 4.03. The van der Waals surface area contributed by atoms with Gasteiger partial charge in [-0.15, -0.1) is 0 Å². The fraction of sp³-hybridized carbons (Fsp3) is 0.538. The zero-order chi connectivity index (χ0) is 12.8. The number of fused-ring (bicyclic) bond motifs is 1. The van der Waals surface area contributed by atoms with E-state index in [2.05, 4.69) is 5.32 Å². The van der Waals surface area contributed by atoms with Crippen molar-refractivity contribution < 1.29 is 8.42 Å². The molecule has 3 unspecified atom stereocenters. The van der Waals surface area contributed by atoms with Crippen molar-refractivity contribution in [2.75, 3.05) is 13.1 Å². The highest BCUT2D eigenvalue weighted by Gasteiger charge is 2.47. The Hall–Kier alpha value is -0.910. The van der Waals surface area contributed by atoms with Crippen molar-refractivity contribution in [3.8, 4) is 0 Å². The zero-order valence-electron chi connectivity index (χ0n) is 10.4. The minimum atomic E-state index is -3.35. The van der Waals surface area contributed by atoms with Crippen LogP contribution in [0.4, 0.5) is 0 Å². The Morgan fingerprint density at radius 2 is 1.94 bits per heavy atom. The summed E-state index contributed by atoms with van der Waals surface area (Å²) in [6.45, 7) is 3.73. The molecule has 0 aromatic heterocycles. The molecule has 2 saturated heterocycles. The summed E-state index contributed by atoms with van der Waals surface area (Å²) in [4.78, 5) is 0.407. The van der Waals surface area contributed by atoms with Gasteiger partial charge in [-0.2, -0.15) is 4.31 Å². The number of benzene rings is 1. The van der Waals surface area contributed by atoms with E-state index >= 15 is 0 Å². The summed E-state index contributed by atoms with van der Waals surface area (Å²) in [7, 11) is -3.35. The second kappa shape index (κ2) is 4.33. The van der Waals surface area contributed by atoms with Gasteiger partial charge in [-0.25, -0.2) is 8.42 Å². The molecule has 3 atom stereocenters. The molecule has 2 fully saturated rings. The number of nitrogens with one attached hydrogen (secondary N) is 1. The SMILES string of the molecule is CC1CC2CNCC2N1S(=O)(=O)c1ccccc1. The fourth-order valence-corrected chi connectivity index (χ4v) is 5.16. The van der Waals surface area contributed by atoms with Crippen molar-refractivity contribution in [1.82, 2.24) is 9.62 Å². The Morgan fingerprint density at radius 3 is 2.67 bits per heavy atom. The molecule has 0 amide bonds. The lowest BCUT2D eigenvalue weighted by atomic mass is 10.0. The maximum atomic E-state index is 12.7. The summed E-state index contributed by atoms with van der Waals surface area (Å²) in [5, 5.41) is 3.29. The average Bonchev–Trinajstić information content (AvgIpc) is 2.89. The van der Waals surface area contributed by atoms with Crippen molar-refractivity contribution in [3.05, 3.63) is 30.3 Å². The maximum Gasteiger partial charge on any atom is 0.243 e. The first-order valence-corrected chi connectivity index (χ1v) is 7.84. The van der Waals surface area contributed by atoms with Crippen LogP contribution < -0.4 is 5.32 Å². The number of sulfonamides is 1. The van der Waals surface area contributed by atoms with Crippen LogP contribution in [0.3, 0.4) is 0 Å². The molecule has 1 N–H and O–H groups in total. The van der Waals surface area contributed by atoms with E-state index in [-0.39, 0.29) is 12.1 Å². The highest BCUT2D eigenvalue weighted by molar-refractivity contribution is 7.89. The van der Waals surface area contributed by atoms with Crippen LogP contribution in [0, 0.1) is 5.92 Å². The molecule has 0 saturated carbocycles. The Bertz CT molecular complexity index is 529. The lowest BCUT2D eigenvalue weighted by Gasteiger charge is -2.26. The molecule has 98 valence electrons. The number of hydrogen-bond donors (Lipinski definition) is 1. The molecule has 0 aliphatic carbocycles. The molecular weight excluding hydrogens is 248 g/mol. The molecule has 2 heterocycles. The Labute approximate surface area is 108 Å².